The van der Waals surface area contributed by atoms with Gasteiger partial charge in [-0.1, -0.05) is 22.9 Å². The Morgan fingerprint density at radius 3 is 2.94 bits per heavy atom. The molecule has 1 aromatic carbocycles. The summed E-state index contributed by atoms with van der Waals surface area (Å²) in [7, 11) is 0. The molecule has 0 unspecified atom stereocenters. The Bertz CT molecular complexity index is 525. The van der Waals surface area contributed by atoms with Gasteiger partial charge >= 0.3 is 0 Å². The van der Waals surface area contributed by atoms with Gasteiger partial charge in [0.2, 0.25) is 0 Å². The second-order valence-electron chi connectivity index (χ2n) is 4.01. The molecule has 96 valence electrons. The first-order valence-corrected chi connectivity index (χ1v) is 7.54. The van der Waals surface area contributed by atoms with Gasteiger partial charge in [0.15, 0.2) is 5.13 Å². The van der Waals surface area contributed by atoms with Gasteiger partial charge in [0.25, 0.3) is 0 Å². The van der Waals surface area contributed by atoms with Crippen LogP contribution >= 0.6 is 27.3 Å². The Labute approximate surface area is 120 Å². The van der Waals surface area contributed by atoms with Crippen molar-refractivity contribution in [2.75, 3.05) is 11.9 Å². The lowest BCUT2D eigenvalue weighted by Crippen LogP contribution is -2.11. The van der Waals surface area contributed by atoms with Crippen LogP contribution in [0.3, 0.4) is 0 Å². The Morgan fingerprint density at radius 2 is 2.22 bits per heavy atom. The highest BCUT2D eigenvalue weighted by molar-refractivity contribution is 9.10. The first-order valence-electron chi connectivity index (χ1n) is 5.87. The minimum absolute atomic E-state index is 0.827. The Morgan fingerprint density at radius 1 is 1.39 bits per heavy atom. The minimum Gasteiger partial charge on any atom is -0.332 e. The van der Waals surface area contributed by atoms with Crippen LogP contribution < -0.4 is 10.6 Å². The molecule has 0 atom stereocenters. The van der Waals surface area contributed by atoms with Crippen LogP contribution in [-0.2, 0) is 6.54 Å². The molecule has 0 aliphatic rings. The molecule has 0 aliphatic carbocycles. The van der Waals surface area contributed by atoms with Gasteiger partial charge in [-0.3, -0.25) is 0 Å². The first kappa shape index (κ1) is 13.5. The number of thiazole rings is 1. The number of rotatable bonds is 5. The van der Waals surface area contributed by atoms with E-state index in [0.717, 1.165) is 34.1 Å². The fourth-order valence-electron chi connectivity index (χ4n) is 1.54. The van der Waals surface area contributed by atoms with Gasteiger partial charge in [-0.15, -0.1) is 11.3 Å². The van der Waals surface area contributed by atoms with E-state index in [1.165, 1.54) is 5.56 Å². The van der Waals surface area contributed by atoms with Crippen LogP contribution in [0.2, 0.25) is 0 Å². The standard InChI is InChI=1S/C13H16BrN3S/c1-3-15-7-11-8-18-13(17-11)16-10-4-5-12(14)9(2)6-10/h4-6,8,15H,3,7H2,1-2H3,(H,16,17). The van der Waals surface area contributed by atoms with Crippen molar-refractivity contribution in [3.8, 4) is 0 Å². The quantitative estimate of drug-likeness (QED) is 0.870. The highest BCUT2D eigenvalue weighted by atomic mass is 79.9. The van der Waals surface area contributed by atoms with Gasteiger partial charge in [-0.25, -0.2) is 4.98 Å². The van der Waals surface area contributed by atoms with E-state index in [9.17, 15) is 0 Å². The molecule has 0 bridgehead atoms. The number of anilines is 2. The largest absolute Gasteiger partial charge is 0.332 e. The molecule has 1 heterocycles. The smallest absolute Gasteiger partial charge is 0.187 e. The molecular formula is C13H16BrN3S. The zero-order valence-corrected chi connectivity index (χ0v) is 12.9. The van der Waals surface area contributed by atoms with Gasteiger partial charge in [0, 0.05) is 22.1 Å². The van der Waals surface area contributed by atoms with Crippen molar-refractivity contribution in [3.05, 3.63) is 39.3 Å². The van der Waals surface area contributed by atoms with Gasteiger partial charge in [0.05, 0.1) is 5.69 Å². The van der Waals surface area contributed by atoms with Crippen LogP contribution in [0, 0.1) is 6.92 Å². The number of hydrogen-bond donors (Lipinski definition) is 2. The third-order valence-corrected chi connectivity index (χ3v) is 4.21. The maximum Gasteiger partial charge on any atom is 0.187 e. The van der Waals surface area contributed by atoms with Gasteiger partial charge in [-0.05, 0) is 37.2 Å². The van der Waals surface area contributed by atoms with E-state index in [-0.39, 0.29) is 0 Å². The number of nitrogens with one attached hydrogen (secondary N) is 2. The van der Waals surface area contributed by atoms with Gasteiger partial charge < -0.3 is 10.6 Å². The molecule has 18 heavy (non-hydrogen) atoms. The van der Waals surface area contributed by atoms with E-state index >= 15 is 0 Å². The van der Waals surface area contributed by atoms with Crippen LogP contribution in [-0.4, -0.2) is 11.5 Å². The summed E-state index contributed by atoms with van der Waals surface area (Å²) in [6.07, 6.45) is 0. The van der Waals surface area contributed by atoms with E-state index in [0.29, 0.717) is 0 Å². The molecule has 0 spiro atoms. The molecule has 0 saturated heterocycles. The lowest BCUT2D eigenvalue weighted by atomic mass is 10.2. The number of aryl methyl sites for hydroxylation is 1. The highest BCUT2D eigenvalue weighted by Gasteiger charge is 2.03. The Balaban J connectivity index is 2.04. The zero-order valence-electron chi connectivity index (χ0n) is 10.5. The fourth-order valence-corrected chi connectivity index (χ4v) is 2.52. The molecule has 2 N–H and O–H groups in total. The average Bonchev–Trinajstić information content (AvgIpc) is 2.79. The van der Waals surface area contributed by atoms with Crippen molar-refractivity contribution in [1.29, 1.82) is 0 Å². The summed E-state index contributed by atoms with van der Waals surface area (Å²) in [5.74, 6) is 0. The molecule has 1 aromatic heterocycles. The highest BCUT2D eigenvalue weighted by Crippen LogP contribution is 2.24. The maximum absolute atomic E-state index is 4.53. The number of nitrogens with zero attached hydrogens (tertiary/aromatic N) is 1. The number of benzene rings is 1. The minimum atomic E-state index is 0.827. The van der Waals surface area contributed by atoms with E-state index in [1.807, 2.05) is 12.1 Å². The number of halogens is 1. The molecule has 2 aromatic rings. The number of aromatic nitrogens is 1. The van der Waals surface area contributed by atoms with Crippen molar-refractivity contribution in [1.82, 2.24) is 10.3 Å². The molecule has 3 nitrogen and oxygen atoms in total. The molecular weight excluding hydrogens is 310 g/mol. The van der Waals surface area contributed by atoms with Crippen LogP contribution in [0.5, 0.6) is 0 Å². The predicted molar refractivity (Wildman–Crippen MR) is 81.7 cm³/mol. The second kappa shape index (κ2) is 6.31. The third kappa shape index (κ3) is 3.54. The van der Waals surface area contributed by atoms with Crippen molar-refractivity contribution in [3.63, 3.8) is 0 Å². The summed E-state index contributed by atoms with van der Waals surface area (Å²) >= 11 is 5.13. The van der Waals surface area contributed by atoms with Crippen molar-refractivity contribution in [2.24, 2.45) is 0 Å². The van der Waals surface area contributed by atoms with E-state index in [1.54, 1.807) is 11.3 Å². The van der Waals surface area contributed by atoms with Crippen LogP contribution in [0.1, 0.15) is 18.2 Å². The molecule has 0 fully saturated rings. The van der Waals surface area contributed by atoms with Crippen molar-refractivity contribution in [2.45, 2.75) is 20.4 Å². The summed E-state index contributed by atoms with van der Waals surface area (Å²) in [6.45, 7) is 5.96. The van der Waals surface area contributed by atoms with Crippen molar-refractivity contribution >= 4 is 38.1 Å². The summed E-state index contributed by atoms with van der Waals surface area (Å²) in [5, 5.41) is 9.61. The second-order valence-corrected chi connectivity index (χ2v) is 5.73. The molecule has 0 saturated carbocycles. The molecule has 0 aliphatic heterocycles. The normalized spacial score (nSPS) is 10.6. The Hall–Kier alpha value is -0.910. The molecule has 2 rings (SSSR count). The number of hydrogen-bond acceptors (Lipinski definition) is 4. The average molecular weight is 326 g/mol. The Kier molecular flexibility index (Phi) is 4.74. The van der Waals surface area contributed by atoms with Crippen LogP contribution in [0.15, 0.2) is 28.1 Å². The van der Waals surface area contributed by atoms with Crippen molar-refractivity contribution < 1.29 is 0 Å². The van der Waals surface area contributed by atoms with E-state index < -0.39 is 0 Å². The van der Waals surface area contributed by atoms with Crippen LogP contribution in [0.4, 0.5) is 10.8 Å². The van der Waals surface area contributed by atoms with Gasteiger partial charge in [0.1, 0.15) is 0 Å². The summed E-state index contributed by atoms with van der Waals surface area (Å²) < 4.78 is 1.13. The van der Waals surface area contributed by atoms with Gasteiger partial charge in [-0.2, -0.15) is 0 Å². The SMILES string of the molecule is CCNCc1csc(Nc2ccc(Br)c(C)c2)n1. The topological polar surface area (TPSA) is 37.0 Å². The monoisotopic (exact) mass is 325 g/mol. The van der Waals surface area contributed by atoms with E-state index in [4.69, 9.17) is 0 Å². The molecule has 0 amide bonds. The third-order valence-electron chi connectivity index (χ3n) is 2.52. The molecule has 5 heteroatoms. The first-order chi connectivity index (χ1) is 8.69. The predicted octanol–water partition coefficient (Wildman–Crippen LogP) is 4.07. The van der Waals surface area contributed by atoms with E-state index in [2.05, 4.69) is 56.8 Å². The summed E-state index contributed by atoms with van der Waals surface area (Å²) in [6, 6.07) is 6.20. The summed E-state index contributed by atoms with van der Waals surface area (Å²) in [5.41, 5.74) is 3.36. The maximum atomic E-state index is 4.53. The summed E-state index contributed by atoms with van der Waals surface area (Å²) in [4.78, 5) is 4.53. The lowest BCUT2D eigenvalue weighted by molar-refractivity contribution is 0.715. The molecule has 0 radical (unpaired) electrons. The zero-order chi connectivity index (χ0) is 13.0. The lowest BCUT2D eigenvalue weighted by Gasteiger charge is -2.05. The fraction of sp³-hybridized carbons (Fsp3) is 0.308. The van der Waals surface area contributed by atoms with Crippen LogP contribution in [0.25, 0.3) is 0 Å².